The van der Waals surface area contributed by atoms with Crippen molar-refractivity contribution in [3.8, 4) is 0 Å². The summed E-state index contributed by atoms with van der Waals surface area (Å²) in [5, 5.41) is 12.0. The topological polar surface area (TPSA) is 71.2 Å². The molecule has 0 fully saturated rings. The molecule has 4 heteroatoms. The van der Waals surface area contributed by atoms with Gasteiger partial charge in [0.05, 0.1) is 12.6 Å². The molecule has 1 rings (SSSR count). The summed E-state index contributed by atoms with van der Waals surface area (Å²) < 4.78 is 0. The molecule has 4 N–H and O–H groups in total. The first-order valence-electron chi connectivity index (χ1n) is 4.36. The van der Waals surface area contributed by atoms with E-state index >= 15 is 0 Å². The predicted octanol–water partition coefficient (Wildman–Crippen LogP) is 0.847. The highest BCUT2D eigenvalue weighted by atomic mass is 16.3. The Balaban J connectivity index is 2.62. The molecule has 1 atom stereocenters. The summed E-state index contributed by atoms with van der Waals surface area (Å²) in [5.74, 6) is 1.19. The van der Waals surface area contributed by atoms with Gasteiger partial charge in [-0.05, 0) is 18.6 Å². The second-order valence-corrected chi connectivity index (χ2v) is 2.88. The predicted molar refractivity (Wildman–Crippen MR) is 53.4 cm³/mol. The van der Waals surface area contributed by atoms with Crippen LogP contribution in [-0.2, 0) is 0 Å². The zero-order valence-electron chi connectivity index (χ0n) is 7.70. The van der Waals surface area contributed by atoms with Crippen molar-refractivity contribution in [1.82, 2.24) is 4.98 Å². The molecule has 72 valence electrons. The molecule has 0 aliphatic rings. The Kier molecular flexibility index (Phi) is 3.52. The minimum absolute atomic E-state index is 0.0503. The maximum Gasteiger partial charge on any atom is 0.128 e. The first kappa shape index (κ1) is 9.80. The van der Waals surface area contributed by atoms with Crippen LogP contribution in [0.2, 0.25) is 0 Å². The van der Waals surface area contributed by atoms with Crippen molar-refractivity contribution in [2.45, 2.75) is 19.4 Å². The number of pyridine rings is 1. The zero-order valence-corrected chi connectivity index (χ0v) is 7.70. The van der Waals surface area contributed by atoms with Crippen LogP contribution in [0.3, 0.4) is 0 Å². The Labute approximate surface area is 77.8 Å². The molecule has 13 heavy (non-hydrogen) atoms. The number of aliphatic hydroxyl groups is 1. The minimum Gasteiger partial charge on any atom is -0.394 e. The van der Waals surface area contributed by atoms with Gasteiger partial charge >= 0.3 is 0 Å². The Bertz CT molecular complexity index is 261. The number of aliphatic hydroxyl groups excluding tert-OH is 1. The molecule has 1 aromatic heterocycles. The van der Waals surface area contributed by atoms with Crippen LogP contribution in [0.1, 0.15) is 13.3 Å². The molecule has 1 heterocycles. The summed E-state index contributed by atoms with van der Waals surface area (Å²) in [6.45, 7) is 2.10. The summed E-state index contributed by atoms with van der Waals surface area (Å²) in [4.78, 5) is 4.06. The number of rotatable bonds is 4. The molecule has 0 aromatic carbocycles. The monoisotopic (exact) mass is 181 g/mol. The van der Waals surface area contributed by atoms with Gasteiger partial charge in [0.2, 0.25) is 0 Å². The Hall–Kier alpha value is -1.29. The van der Waals surface area contributed by atoms with E-state index < -0.39 is 0 Å². The lowest BCUT2D eigenvalue weighted by atomic mass is 10.2. The summed E-state index contributed by atoms with van der Waals surface area (Å²) in [6, 6.07) is 5.43. The average Bonchev–Trinajstić information content (AvgIpc) is 2.14. The standard InChI is InChI=1S/C9H15N3O/c1-2-7(6-13)11-9-5-3-4-8(10)12-9/h3-5,7,13H,2,6H2,1H3,(H3,10,11,12). The van der Waals surface area contributed by atoms with E-state index in [0.29, 0.717) is 11.6 Å². The van der Waals surface area contributed by atoms with E-state index in [1.165, 1.54) is 0 Å². The molecule has 0 saturated carbocycles. The van der Waals surface area contributed by atoms with Gasteiger partial charge in [0, 0.05) is 0 Å². The van der Waals surface area contributed by atoms with Gasteiger partial charge < -0.3 is 16.2 Å². The smallest absolute Gasteiger partial charge is 0.128 e. The molecule has 0 aliphatic heterocycles. The molecule has 1 aromatic rings. The molecule has 0 aliphatic carbocycles. The van der Waals surface area contributed by atoms with E-state index in [9.17, 15) is 0 Å². The van der Waals surface area contributed by atoms with Crippen LogP contribution < -0.4 is 11.1 Å². The van der Waals surface area contributed by atoms with Crippen LogP contribution in [0.15, 0.2) is 18.2 Å². The van der Waals surface area contributed by atoms with E-state index in [1.807, 2.05) is 19.1 Å². The van der Waals surface area contributed by atoms with Gasteiger partial charge in [0.1, 0.15) is 11.6 Å². The number of anilines is 2. The van der Waals surface area contributed by atoms with Gasteiger partial charge in [-0.3, -0.25) is 0 Å². The molecule has 0 amide bonds. The van der Waals surface area contributed by atoms with Gasteiger partial charge in [0.25, 0.3) is 0 Å². The van der Waals surface area contributed by atoms with Crippen LogP contribution in [0.4, 0.5) is 11.6 Å². The van der Waals surface area contributed by atoms with Gasteiger partial charge in [-0.1, -0.05) is 13.0 Å². The van der Waals surface area contributed by atoms with Crippen molar-refractivity contribution in [3.63, 3.8) is 0 Å². The van der Waals surface area contributed by atoms with E-state index in [0.717, 1.165) is 6.42 Å². The number of hydrogen-bond donors (Lipinski definition) is 3. The number of nitrogen functional groups attached to an aromatic ring is 1. The number of nitrogens with one attached hydrogen (secondary N) is 1. The highest BCUT2D eigenvalue weighted by molar-refractivity contribution is 5.42. The van der Waals surface area contributed by atoms with Crippen molar-refractivity contribution in [1.29, 1.82) is 0 Å². The van der Waals surface area contributed by atoms with E-state index in [-0.39, 0.29) is 12.6 Å². The number of aromatic nitrogens is 1. The summed E-state index contributed by atoms with van der Waals surface area (Å²) in [7, 11) is 0. The van der Waals surface area contributed by atoms with Crippen molar-refractivity contribution in [2.75, 3.05) is 17.7 Å². The molecule has 0 radical (unpaired) electrons. The van der Waals surface area contributed by atoms with E-state index in [1.54, 1.807) is 6.07 Å². The number of hydrogen-bond acceptors (Lipinski definition) is 4. The number of nitrogens with zero attached hydrogens (tertiary/aromatic N) is 1. The lowest BCUT2D eigenvalue weighted by Gasteiger charge is -2.14. The van der Waals surface area contributed by atoms with Crippen molar-refractivity contribution in [2.24, 2.45) is 0 Å². The first-order chi connectivity index (χ1) is 6.26. The highest BCUT2D eigenvalue weighted by Crippen LogP contribution is 2.08. The van der Waals surface area contributed by atoms with Crippen LogP contribution in [-0.4, -0.2) is 22.7 Å². The van der Waals surface area contributed by atoms with Crippen molar-refractivity contribution >= 4 is 11.6 Å². The van der Waals surface area contributed by atoms with Crippen molar-refractivity contribution in [3.05, 3.63) is 18.2 Å². The highest BCUT2D eigenvalue weighted by Gasteiger charge is 2.04. The molecule has 4 nitrogen and oxygen atoms in total. The fraction of sp³-hybridized carbons (Fsp3) is 0.444. The molecule has 0 bridgehead atoms. The van der Waals surface area contributed by atoms with Gasteiger partial charge in [-0.25, -0.2) is 4.98 Å². The first-order valence-corrected chi connectivity index (χ1v) is 4.36. The quantitative estimate of drug-likeness (QED) is 0.644. The van der Waals surface area contributed by atoms with E-state index in [2.05, 4.69) is 10.3 Å². The van der Waals surface area contributed by atoms with Crippen molar-refractivity contribution < 1.29 is 5.11 Å². The van der Waals surface area contributed by atoms with Crippen LogP contribution >= 0.6 is 0 Å². The molecular weight excluding hydrogens is 166 g/mol. The number of nitrogens with two attached hydrogens (primary N) is 1. The Morgan fingerprint density at radius 2 is 2.38 bits per heavy atom. The summed E-state index contributed by atoms with van der Waals surface area (Å²) >= 11 is 0. The lowest BCUT2D eigenvalue weighted by Crippen LogP contribution is -2.23. The second kappa shape index (κ2) is 4.67. The third kappa shape index (κ3) is 2.91. The fourth-order valence-corrected chi connectivity index (χ4v) is 1.02. The largest absolute Gasteiger partial charge is 0.394 e. The maximum atomic E-state index is 8.94. The average molecular weight is 181 g/mol. The third-order valence-electron chi connectivity index (χ3n) is 1.84. The molecular formula is C9H15N3O. The molecule has 0 saturated heterocycles. The molecule has 1 unspecified atom stereocenters. The summed E-state index contributed by atoms with van der Waals surface area (Å²) in [5.41, 5.74) is 5.50. The summed E-state index contributed by atoms with van der Waals surface area (Å²) in [6.07, 6.45) is 0.854. The Morgan fingerprint density at radius 1 is 1.62 bits per heavy atom. The third-order valence-corrected chi connectivity index (χ3v) is 1.84. The fourth-order valence-electron chi connectivity index (χ4n) is 1.02. The van der Waals surface area contributed by atoms with Gasteiger partial charge in [-0.15, -0.1) is 0 Å². The zero-order chi connectivity index (χ0) is 9.68. The Morgan fingerprint density at radius 3 is 2.92 bits per heavy atom. The van der Waals surface area contributed by atoms with Gasteiger partial charge in [-0.2, -0.15) is 0 Å². The SMILES string of the molecule is CCC(CO)Nc1cccc(N)n1. The van der Waals surface area contributed by atoms with Crippen LogP contribution in [0.5, 0.6) is 0 Å². The van der Waals surface area contributed by atoms with Crippen LogP contribution in [0.25, 0.3) is 0 Å². The van der Waals surface area contributed by atoms with Gasteiger partial charge in [0.15, 0.2) is 0 Å². The van der Waals surface area contributed by atoms with Crippen LogP contribution in [0, 0.1) is 0 Å². The normalized spacial score (nSPS) is 12.5. The second-order valence-electron chi connectivity index (χ2n) is 2.88. The maximum absolute atomic E-state index is 8.94. The lowest BCUT2D eigenvalue weighted by molar-refractivity contribution is 0.271. The molecule has 0 spiro atoms. The minimum atomic E-state index is 0.0503. The van der Waals surface area contributed by atoms with E-state index in [4.69, 9.17) is 10.8 Å².